The van der Waals surface area contributed by atoms with Crippen LogP contribution in [-0.2, 0) is 6.61 Å². The summed E-state index contributed by atoms with van der Waals surface area (Å²) in [5.74, 6) is 0.786. The predicted octanol–water partition coefficient (Wildman–Crippen LogP) is 3.83. The van der Waals surface area contributed by atoms with Gasteiger partial charge < -0.3 is 10.1 Å². The van der Waals surface area contributed by atoms with Gasteiger partial charge in [0.1, 0.15) is 12.4 Å². The predicted molar refractivity (Wildman–Crippen MR) is 82.9 cm³/mol. The van der Waals surface area contributed by atoms with E-state index in [0.29, 0.717) is 0 Å². The van der Waals surface area contributed by atoms with Crippen molar-refractivity contribution in [2.45, 2.75) is 20.5 Å². The fourth-order valence-corrected chi connectivity index (χ4v) is 2.17. The molecular weight excluding hydrogens is 268 g/mol. The van der Waals surface area contributed by atoms with Crippen molar-refractivity contribution in [3.8, 4) is 5.75 Å². The Morgan fingerprint density at radius 3 is 2.57 bits per heavy atom. The number of nitro benzene ring substituents is 1. The Balaban J connectivity index is 2.22. The van der Waals surface area contributed by atoms with Crippen LogP contribution in [0.2, 0.25) is 0 Å². The molecule has 0 radical (unpaired) electrons. The number of hydrogen-bond acceptors (Lipinski definition) is 4. The SMILES string of the molecule is CNc1ccc([N+](=O)[O-])cc1COc1ccc(C)cc1C. The van der Waals surface area contributed by atoms with Crippen LogP contribution in [0.4, 0.5) is 11.4 Å². The van der Waals surface area contributed by atoms with Gasteiger partial charge in [-0.15, -0.1) is 0 Å². The van der Waals surface area contributed by atoms with Gasteiger partial charge in [0.25, 0.3) is 5.69 Å². The summed E-state index contributed by atoms with van der Waals surface area (Å²) in [5, 5.41) is 13.9. The van der Waals surface area contributed by atoms with Crippen molar-refractivity contribution in [2.24, 2.45) is 0 Å². The number of ether oxygens (including phenoxy) is 1. The lowest BCUT2D eigenvalue weighted by Crippen LogP contribution is -2.03. The van der Waals surface area contributed by atoms with Crippen LogP contribution in [0.3, 0.4) is 0 Å². The smallest absolute Gasteiger partial charge is 0.269 e. The van der Waals surface area contributed by atoms with Gasteiger partial charge in [-0.1, -0.05) is 17.7 Å². The summed E-state index contributed by atoms with van der Waals surface area (Å²) in [6.07, 6.45) is 0. The maximum atomic E-state index is 10.9. The first-order chi connectivity index (χ1) is 10.0. The Morgan fingerprint density at radius 1 is 1.19 bits per heavy atom. The number of nitrogens with one attached hydrogen (secondary N) is 1. The highest BCUT2D eigenvalue weighted by atomic mass is 16.6. The van der Waals surface area contributed by atoms with Crippen molar-refractivity contribution in [3.05, 3.63) is 63.2 Å². The summed E-state index contributed by atoms with van der Waals surface area (Å²) in [6, 6.07) is 10.7. The van der Waals surface area contributed by atoms with Crippen LogP contribution in [0.15, 0.2) is 36.4 Å². The fraction of sp³-hybridized carbons (Fsp3) is 0.250. The van der Waals surface area contributed by atoms with Crippen LogP contribution in [-0.4, -0.2) is 12.0 Å². The second-order valence-electron chi connectivity index (χ2n) is 4.91. The van der Waals surface area contributed by atoms with Crippen molar-refractivity contribution in [1.29, 1.82) is 0 Å². The topological polar surface area (TPSA) is 64.4 Å². The van der Waals surface area contributed by atoms with Crippen molar-refractivity contribution in [2.75, 3.05) is 12.4 Å². The summed E-state index contributed by atoms with van der Waals surface area (Å²) in [7, 11) is 1.78. The highest BCUT2D eigenvalue weighted by Gasteiger charge is 2.11. The second-order valence-corrected chi connectivity index (χ2v) is 4.91. The fourth-order valence-electron chi connectivity index (χ4n) is 2.17. The molecule has 5 nitrogen and oxygen atoms in total. The maximum Gasteiger partial charge on any atom is 0.269 e. The molecule has 2 aromatic rings. The monoisotopic (exact) mass is 286 g/mol. The summed E-state index contributed by atoms with van der Waals surface area (Å²) in [6.45, 7) is 4.28. The van der Waals surface area contributed by atoms with Crippen LogP contribution < -0.4 is 10.1 Å². The first-order valence-corrected chi connectivity index (χ1v) is 6.66. The van der Waals surface area contributed by atoms with E-state index in [1.807, 2.05) is 32.0 Å². The maximum absolute atomic E-state index is 10.9. The molecular formula is C16H18N2O3. The zero-order valence-electron chi connectivity index (χ0n) is 12.3. The lowest BCUT2D eigenvalue weighted by Gasteiger charge is -2.12. The summed E-state index contributed by atoms with van der Waals surface area (Å²) >= 11 is 0. The van der Waals surface area contributed by atoms with E-state index in [-0.39, 0.29) is 12.3 Å². The van der Waals surface area contributed by atoms with E-state index in [2.05, 4.69) is 5.32 Å². The lowest BCUT2D eigenvalue weighted by molar-refractivity contribution is -0.384. The third kappa shape index (κ3) is 3.51. The molecule has 110 valence electrons. The third-order valence-corrected chi connectivity index (χ3v) is 3.28. The lowest BCUT2D eigenvalue weighted by atomic mass is 10.1. The number of aryl methyl sites for hydroxylation is 2. The minimum Gasteiger partial charge on any atom is -0.489 e. The van der Waals surface area contributed by atoms with Gasteiger partial charge in [0.2, 0.25) is 0 Å². The van der Waals surface area contributed by atoms with Crippen LogP contribution in [0.25, 0.3) is 0 Å². The Hall–Kier alpha value is -2.56. The molecule has 0 amide bonds. The first-order valence-electron chi connectivity index (χ1n) is 6.66. The number of hydrogen-bond donors (Lipinski definition) is 1. The van der Waals surface area contributed by atoms with E-state index < -0.39 is 4.92 Å². The Morgan fingerprint density at radius 2 is 1.95 bits per heavy atom. The normalized spacial score (nSPS) is 10.2. The van der Waals surface area contributed by atoms with Crippen LogP contribution in [0.1, 0.15) is 16.7 Å². The van der Waals surface area contributed by atoms with E-state index in [9.17, 15) is 10.1 Å². The molecule has 2 rings (SSSR count). The molecule has 0 aliphatic carbocycles. The Bertz CT molecular complexity index is 669. The molecule has 0 aliphatic rings. The summed E-state index contributed by atoms with van der Waals surface area (Å²) in [4.78, 5) is 10.5. The highest BCUT2D eigenvalue weighted by Crippen LogP contribution is 2.25. The number of benzene rings is 2. The molecule has 2 aromatic carbocycles. The van der Waals surface area contributed by atoms with E-state index >= 15 is 0 Å². The molecule has 0 bridgehead atoms. The molecule has 0 fully saturated rings. The second kappa shape index (κ2) is 6.26. The van der Waals surface area contributed by atoms with Gasteiger partial charge >= 0.3 is 0 Å². The number of non-ortho nitro benzene ring substituents is 1. The molecule has 0 saturated carbocycles. The Labute approximate surface area is 123 Å². The van der Waals surface area contributed by atoms with Crippen LogP contribution in [0, 0.1) is 24.0 Å². The quantitative estimate of drug-likeness (QED) is 0.670. The van der Waals surface area contributed by atoms with E-state index in [0.717, 1.165) is 22.6 Å². The van der Waals surface area contributed by atoms with Crippen molar-refractivity contribution >= 4 is 11.4 Å². The first kappa shape index (κ1) is 14.8. The zero-order chi connectivity index (χ0) is 15.4. The molecule has 0 unspecified atom stereocenters. The summed E-state index contributed by atoms with van der Waals surface area (Å²) in [5.41, 5.74) is 3.86. The van der Waals surface area contributed by atoms with Gasteiger partial charge in [-0.25, -0.2) is 0 Å². The molecule has 5 heteroatoms. The van der Waals surface area contributed by atoms with E-state index in [1.165, 1.54) is 17.7 Å². The average Bonchev–Trinajstić information content (AvgIpc) is 2.46. The van der Waals surface area contributed by atoms with Gasteiger partial charge in [-0.3, -0.25) is 10.1 Å². The van der Waals surface area contributed by atoms with Gasteiger partial charge in [-0.2, -0.15) is 0 Å². The number of anilines is 1. The third-order valence-electron chi connectivity index (χ3n) is 3.28. The van der Waals surface area contributed by atoms with E-state index in [1.54, 1.807) is 13.1 Å². The number of rotatable bonds is 5. The van der Waals surface area contributed by atoms with E-state index in [4.69, 9.17) is 4.74 Å². The van der Waals surface area contributed by atoms with Gasteiger partial charge in [0.15, 0.2) is 0 Å². The minimum atomic E-state index is -0.403. The van der Waals surface area contributed by atoms with Gasteiger partial charge in [-0.05, 0) is 31.5 Å². The molecule has 0 aromatic heterocycles. The zero-order valence-corrected chi connectivity index (χ0v) is 12.3. The molecule has 0 heterocycles. The van der Waals surface area contributed by atoms with Crippen molar-refractivity contribution in [1.82, 2.24) is 0 Å². The Kier molecular flexibility index (Phi) is 4.42. The standard InChI is InChI=1S/C16H18N2O3/c1-11-4-7-16(12(2)8-11)21-10-13-9-14(18(19)20)5-6-15(13)17-3/h4-9,17H,10H2,1-3H3. The van der Waals surface area contributed by atoms with Crippen LogP contribution >= 0.6 is 0 Å². The molecule has 0 aliphatic heterocycles. The molecule has 0 saturated heterocycles. The highest BCUT2D eigenvalue weighted by molar-refractivity contribution is 5.55. The summed E-state index contributed by atoms with van der Waals surface area (Å²) < 4.78 is 5.79. The van der Waals surface area contributed by atoms with Crippen molar-refractivity contribution < 1.29 is 9.66 Å². The largest absolute Gasteiger partial charge is 0.489 e. The van der Waals surface area contributed by atoms with Crippen molar-refractivity contribution in [3.63, 3.8) is 0 Å². The number of nitro groups is 1. The average molecular weight is 286 g/mol. The van der Waals surface area contributed by atoms with Gasteiger partial charge in [0, 0.05) is 30.4 Å². The number of nitrogens with zero attached hydrogens (tertiary/aromatic N) is 1. The molecule has 0 spiro atoms. The van der Waals surface area contributed by atoms with Gasteiger partial charge in [0.05, 0.1) is 4.92 Å². The molecule has 21 heavy (non-hydrogen) atoms. The molecule has 1 N–H and O–H groups in total. The van der Waals surface area contributed by atoms with Crippen LogP contribution in [0.5, 0.6) is 5.75 Å². The minimum absolute atomic E-state index is 0.0632. The molecule has 0 atom stereocenters.